The molecular weight excluding hydrogens is 240 g/mol. The first-order valence-electron chi connectivity index (χ1n) is 6.78. The highest BCUT2D eigenvalue weighted by Crippen LogP contribution is 2.16. The molecule has 2 nitrogen and oxygen atoms in total. The Kier molecular flexibility index (Phi) is 6.73. The molecule has 0 aliphatic heterocycles. The van der Waals surface area contributed by atoms with Crippen LogP contribution in [0.25, 0.3) is 0 Å². The Balaban J connectivity index is 2.35. The molecule has 0 amide bonds. The van der Waals surface area contributed by atoms with Crippen molar-refractivity contribution >= 4 is 23.0 Å². The predicted octanol–water partition coefficient (Wildman–Crippen LogP) is 4.29. The van der Waals surface area contributed by atoms with Crippen molar-refractivity contribution in [2.24, 2.45) is 0 Å². The third-order valence-electron chi connectivity index (χ3n) is 2.90. The maximum Gasteiger partial charge on any atom is 0.170 e. The number of nitrogens with one attached hydrogen (secondary N) is 2. The Bertz CT molecular complexity index is 357. The van der Waals surface area contributed by atoms with Gasteiger partial charge in [-0.3, -0.25) is 0 Å². The van der Waals surface area contributed by atoms with Gasteiger partial charge in [0.05, 0.1) is 0 Å². The molecule has 1 aromatic rings. The summed E-state index contributed by atoms with van der Waals surface area (Å²) in [7, 11) is 0. The molecule has 0 bridgehead atoms. The summed E-state index contributed by atoms with van der Waals surface area (Å²) in [5.41, 5.74) is 2.40. The summed E-state index contributed by atoms with van der Waals surface area (Å²) in [6, 6.07) is 8.45. The standard InChI is InChI=1S/C15H24N2S/c1-4-5-6-11-16-15(18)17-14-9-7-13(8-10-14)12(2)3/h7-10,12H,4-6,11H2,1-3H3,(H2,16,17,18). The van der Waals surface area contributed by atoms with Crippen LogP contribution >= 0.6 is 12.2 Å². The van der Waals surface area contributed by atoms with Gasteiger partial charge in [-0.25, -0.2) is 0 Å². The van der Waals surface area contributed by atoms with Gasteiger partial charge in [0, 0.05) is 12.2 Å². The molecule has 0 unspecified atom stereocenters. The van der Waals surface area contributed by atoms with E-state index in [0.717, 1.165) is 12.2 Å². The van der Waals surface area contributed by atoms with Crippen LogP contribution in [0, 0.1) is 0 Å². The lowest BCUT2D eigenvalue weighted by molar-refractivity contribution is 0.698. The quantitative estimate of drug-likeness (QED) is 0.592. The predicted molar refractivity (Wildman–Crippen MR) is 84.3 cm³/mol. The minimum absolute atomic E-state index is 0.568. The highest BCUT2D eigenvalue weighted by molar-refractivity contribution is 7.80. The summed E-state index contributed by atoms with van der Waals surface area (Å²) in [5.74, 6) is 0.568. The Morgan fingerprint density at radius 3 is 2.39 bits per heavy atom. The van der Waals surface area contributed by atoms with E-state index in [1.807, 2.05) is 0 Å². The molecule has 1 aromatic carbocycles. The maximum atomic E-state index is 5.25. The van der Waals surface area contributed by atoms with Crippen molar-refractivity contribution in [1.82, 2.24) is 5.32 Å². The number of anilines is 1. The maximum absolute atomic E-state index is 5.25. The summed E-state index contributed by atoms with van der Waals surface area (Å²) in [5, 5.41) is 7.14. The summed E-state index contributed by atoms with van der Waals surface area (Å²) in [6.45, 7) is 7.54. The Hall–Kier alpha value is -1.09. The van der Waals surface area contributed by atoms with E-state index in [4.69, 9.17) is 12.2 Å². The van der Waals surface area contributed by atoms with Gasteiger partial charge in [0.15, 0.2) is 5.11 Å². The molecule has 0 aromatic heterocycles. The van der Waals surface area contributed by atoms with Crippen LogP contribution in [0.3, 0.4) is 0 Å². The number of thiocarbonyl (C=S) groups is 1. The van der Waals surface area contributed by atoms with E-state index in [2.05, 4.69) is 55.7 Å². The molecule has 0 heterocycles. The summed E-state index contributed by atoms with van der Waals surface area (Å²) in [6.07, 6.45) is 3.65. The number of benzene rings is 1. The van der Waals surface area contributed by atoms with Crippen LogP contribution in [0.15, 0.2) is 24.3 Å². The van der Waals surface area contributed by atoms with Gasteiger partial charge in [-0.15, -0.1) is 0 Å². The van der Waals surface area contributed by atoms with Gasteiger partial charge >= 0.3 is 0 Å². The van der Waals surface area contributed by atoms with E-state index in [0.29, 0.717) is 11.0 Å². The van der Waals surface area contributed by atoms with E-state index in [1.165, 1.54) is 24.8 Å². The van der Waals surface area contributed by atoms with Crippen molar-refractivity contribution < 1.29 is 0 Å². The third-order valence-corrected chi connectivity index (χ3v) is 3.15. The zero-order valence-corrected chi connectivity index (χ0v) is 12.4. The second-order valence-electron chi connectivity index (χ2n) is 4.86. The molecular formula is C15H24N2S. The minimum Gasteiger partial charge on any atom is -0.362 e. The van der Waals surface area contributed by atoms with Crippen LogP contribution in [-0.4, -0.2) is 11.7 Å². The minimum atomic E-state index is 0.568. The second kappa shape index (κ2) is 8.09. The average Bonchev–Trinajstić information content (AvgIpc) is 2.35. The van der Waals surface area contributed by atoms with Crippen molar-refractivity contribution in [2.75, 3.05) is 11.9 Å². The molecule has 18 heavy (non-hydrogen) atoms. The normalized spacial score (nSPS) is 10.4. The Morgan fingerprint density at radius 2 is 1.83 bits per heavy atom. The zero-order chi connectivity index (χ0) is 13.4. The lowest BCUT2D eigenvalue weighted by atomic mass is 10.0. The van der Waals surface area contributed by atoms with Gasteiger partial charge in [0.1, 0.15) is 0 Å². The highest BCUT2D eigenvalue weighted by atomic mass is 32.1. The monoisotopic (exact) mass is 264 g/mol. The zero-order valence-electron chi connectivity index (χ0n) is 11.6. The summed E-state index contributed by atoms with van der Waals surface area (Å²) >= 11 is 5.25. The van der Waals surface area contributed by atoms with Crippen molar-refractivity contribution in [3.63, 3.8) is 0 Å². The smallest absolute Gasteiger partial charge is 0.170 e. The van der Waals surface area contributed by atoms with Crippen LogP contribution in [0.1, 0.15) is 51.5 Å². The molecule has 0 aliphatic carbocycles. The SMILES string of the molecule is CCCCCNC(=S)Nc1ccc(C(C)C)cc1. The van der Waals surface area contributed by atoms with E-state index in [1.54, 1.807) is 0 Å². The van der Waals surface area contributed by atoms with E-state index in [-0.39, 0.29) is 0 Å². The fourth-order valence-electron chi connectivity index (χ4n) is 1.70. The highest BCUT2D eigenvalue weighted by Gasteiger charge is 2.00. The molecule has 3 heteroatoms. The molecule has 0 fully saturated rings. The van der Waals surface area contributed by atoms with Gasteiger partial charge in [0.25, 0.3) is 0 Å². The first-order chi connectivity index (χ1) is 8.63. The molecule has 0 radical (unpaired) electrons. The second-order valence-corrected chi connectivity index (χ2v) is 5.27. The van der Waals surface area contributed by atoms with Crippen molar-refractivity contribution in [3.05, 3.63) is 29.8 Å². The number of hydrogen-bond acceptors (Lipinski definition) is 1. The number of unbranched alkanes of at least 4 members (excludes halogenated alkanes) is 2. The first kappa shape index (κ1) is 15.0. The fraction of sp³-hybridized carbons (Fsp3) is 0.533. The third kappa shape index (κ3) is 5.50. The molecule has 0 saturated heterocycles. The molecule has 0 atom stereocenters. The summed E-state index contributed by atoms with van der Waals surface area (Å²) in [4.78, 5) is 0. The largest absolute Gasteiger partial charge is 0.362 e. The lowest BCUT2D eigenvalue weighted by Gasteiger charge is -2.11. The lowest BCUT2D eigenvalue weighted by Crippen LogP contribution is -2.29. The van der Waals surface area contributed by atoms with E-state index < -0.39 is 0 Å². The van der Waals surface area contributed by atoms with Crippen LogP contribution in [0.2, 0.25) is 0 Å². The average molecular weight is 264 g/mol. The van der Waals surface area contributed by atoms with Crippen LogP contribution in [0.5, 0.6) is 0 Å². The first-order valence-corrected chi connectivity index (χ1v) is 7.19. The molecule has 0 aliphatic rings. The molecule has 1 rings (SSSR count). The van der Waals surface area contributed by atoms with Gasteiger partial charge in [-0.2, -0.15) is 0 Å². The van der Waals surface area contributed by atoms with E-state index >= 15 is 0 Å². The van der Waals surface area contributed by atoms with E-state index in [9.17, 15) is 0 Å². The number of hydrogen-bond donors (Lipinski definition) is 2. The molecule has 100 valence electrons. The van der Waals surface area contributed by atoms with Gasteiger partial charge in [-0.1, -0.05) is 45.7 Å². The number of rotatable bonds is 6. The van der Waals surface area contributed by atoms with Crippen LogP contribution < -0.4 is 10.6 Å². The topological polar surface area (TPSA) is 24.1 Å². The van der Waals surface area contributed by atoms with Crippen LogP contribution in [-0.2, 0) is 0 Å². The van der Waals surface area contributed by atoms with Crippen molar-refractivity contribution in [3.8, 4) is 0 Å². The van der Waals surface area contributed by atoms with Gasteiger partial charge < -0.3 is 10.6 Å². The van der Waals surface area contributed by atoms with Crippen molar-refractivity contribution in [2.45, 2.75) is 46.0 Å². The molecule has 0 spiro atoms. The van der Waals surface area contributed by atoms with Crippen LogP contribution in [0.4, 0.5) is 5.69 Å². The molecule has 2 N–H and O–H groups in total. The van der Waals surface area contributed by atoms with Gasteiger partial charge in [0.2, 0.25) is 0 Å². The van der Waals surface area contributed by atoms with Crippen molar-refractivity contribution in [1.29, 1.82) is 0 Å². The Morgan fingerprint density at radius 1 is 1.17 bits per heavy atom. The Labute approximate surface area is 116 Å². The molecule has 0 saturated carbocycles. The van der Waals surface area contributed by atoms with Gasteiger partial charge in [-0.05, 0) is 42.3 Å². The summed E-state index contributed by atoms with van der Waals surface area (Å²) < 4.78 is 0. The fourth-order valence-corrected chi connectivity index (χ4v) is 1.92.